The normalized spacial score (nSPS) is 33.8. The van der Waals surface area contributed by atoms with Crippen LogP contribution < -0.4 is 0 Å². The maximum absolute atomic E-state index is 11.0. The monoisotopic (exact) mass is 440 g/mol. The zero-order chi connectivity index (χ0) is 22.0. The highest BCUT2D eigenvalue weighted by molar-refractivity contribution is 5.15. The Labute approximate surface area is 189 Å². The van der Waals surface area contributed by atoms with Crippen molar-refractivity contribution in [3.05, 3.63) is 71.8 Å². The number of fused-ring (bicyclic) bond motifs is 1. The van der Waals surface area contributed by atoms with Crippen LogP contribution in [0.15, 0.2) is 60.7 Å². The van der Waals surface area contributed by atoms with Crippen molar-refractivity contribution in [2.24, 2.45) is 0 Å². The molecule has 2 N–H and O–H groups in total. The fourth-order valence-electron chi connectivity index (χ4n) is 5.19. The number of hydrogen-bond donors (Lipinski definition) is 2. The summed E-state index contributed by atoms with van der Waals surface area (Å²) in [5.41, 5.74) is 2.00. The second kappa shape index (κ2) is 9.59. The highest BCUT2D eigenvalue weighted by Gasteiger charge is 2.61. The lowest BCUT2D eigenvalue weighted by atomic mass is 9.84. The fourth-order valence-corrected chi connectivity index (χ4v) is 5.19. The minimum atomic E-state index is -1.14. The molecule has 6 atom stereocenters. The van der Waals surface area contributed by atoms with Gasteiger partial charge < -0.3 is 29.2 Å². The summed E-state index contributed by atoms with van der Waals surface area (Å²) >= 11 is 0. The molecule has 0 aromatic heterocycles. The summed E-state index contributed by atoms with van der Waals surface area (Å²) < 4.78 is 25.3. The number of ether oxygens (including phenoxy) is 4. The highest BCUT2D eigenvalue weighted by Crippen LogP contribution is 2.46. The van der Waals surface area contributed by atoms with Gasteiger partial charge in [0, 0.05) is 12.8 Å². The third-order valence-corrected chi connectivity index (χ3v) is 6.88. The molecule has 1 aliphatic heterocycles. The average molecular weight is 441 g/mol. The van der Waals surface area contributed by atoms with Crippen LogP contribution in [0.25, 0.3) is 0 Å². The average Bonchev–Trinajstić information content (AvgIpc) is 3.19. The minimum absolute atomic E-state index is 0.324. The number of benzene rings is 2. The van der Waals surface area contributed by atoms with E-state index in [-0.39, 0.29) is 0 Å². The summed E-state index contributed by atoms with van der Waals surface area (Å²) in [4.78, 5) is 0. The molecule has 2 saturated carbocycles. The summed E-state index contributed by atoms with van der Waals surface area (Å²) in [6.45, 7) is 0.648. The molecule has 6 nitrogen and oxygen atoms in total. The van der Waals surface area contributed by atoms with Gasteiger partial charge in [-0.15, -0.1) is 0 Å². The largest absolute Gasteiger partial charge is 0.387 e. The topological polar surface area (TPSA) is 77.4 Å². The summed E-state index contributed by atoms with van der Waals surface area (Å²) in [5.74, 6) is -0.680. The van der Waals surface area contributed by atoms with E-state index in [1.54, 1.807) is 0 Å². The SMILES string of the molecule is O[C@@H]1[C@H](O)[C@H](OCc2ccccc2)[C@@H]2OC3(CCCCC3)O[C@@H]2[C@@H]1OCc1ccccc1. The molecule has 0 amide bonds. The first-order valence-corrected chi connectivity index (χ1v) is 11.7. The van der Waals surface area contributed by atoms with Gasteiger partial charge in [0.05, 0.1) is 13.2 Å². The molecule has 1 heterocycles. The molecule has 2 aromatic rings. The van der Waals surface area contributed by atoms with Crippen molar-refractivity contribution in [1.29, 1.82) is 0 Å². The van der Waals surface area contributed by atoms with Crippen molar-refractivity contribution in [1.82, 2.24) is 0 Å². The standard InChI is InChI=1S/C26H32O6/c27-20-21(28)23(30-17-19-12-6-2-7-13-19)25-24(31-26(32-25)14-8-3-9-15-26)22(20)29-16-18-10-4-1-5-11-18/h1-2,4-7,10-13,20-25,27-28H,3,8-9,14-17H2/t20-,21+,22-,23+,24-,25+. The van der Waals surface area contributed by atoms with Crippen LogP contribution in [-0.4, -0.2) is 52.6 Å². The molecule has 6 heteroatoms. The zero-order valence-corrected chi connectivity index (χ0v) is 18.2. The zero-order valence-electron chi connectivity index (χ0n) is 18.2. The molecule has 32 heavy (non-hydrogen) atoms. The number of aliphatic hydroxyl groups excluding tert-OH is 2. The van der Waals surface area contributed by atoms with Crippen molar-refractivity contribution in [3.63, 3.8) is 0 Å². The molecule has 3 fully saturated rings. The highest BCUT2D eigenvalue weighted by atomic mass is 16.8. The first kappa shape index (κ1) is 22.0. The fraction of sp³-hybridized carbons (Fsp3) is 0.538. The van der Waals surface area contributed by atoms with E-state index in [1.165, 1.54) is 0 Å². The van der Waals surface area contributed by atoms with E-state index in [1.807, 2.05) is 60.7 Å². The van der Waals surface area contributed by atoms with E-state index < -0.39 is 42.4 Å². The van der Waals surface area contributed by atoms with Crippen LogP contribution >= 0.6 is 0 Å². The third-order valence-electron chi connectivity index (χ3n) is 6.88. The molecule has 3 aliphatic rings. The Hall–Kier alpha value is -1.80. The van der Waals surface area contributed by atoms with Crippen molar-refractivity contribution in [2.75, 3.05) is 0 Å². The van der Waals surface area contributed by atoms with Crippen LogP contribution in [0.1, 0.15) is 43.2 Å². The van der Waals surface area contributed by atoms with Gasteiger partial charge in [0.2, 0.25) is 0 Å². The van der Waals surface area contributed by atoms with Crippen molar-refractivity contribution >= 4 is 0 Å². The van der Waals surface area contributed by atoms with Crippen LogP contribution in [0.2, 0.25) is 0 Å². The third kappa shape index (κ3) is 4.49. The first-order chi connectivity index (χ1) is 15.7. The van der Waals surface area contributed by atoms with Crippen molar-refractivity contribution in [2.45, 2.75) is 87.7 Å². The Bertz CT molecular complexity index is 788. The minimum Gasteiger partial charge on any atom is -0.387 e. The van der Waals surface area contributed by atoms with Crippen LogP contribution in [0.3, 0.4) is 0 Å². The summed E-state index contributed by atoms with van der Waals surface area (Å²) in [6.07, 6.45) is 0.174. The Morgan fingerprint density at radius 3 is 1.56 bits per heavy atom. The van der Waals surface area contributed by atoms with Gasteiger partial charge in [0.15, 0.2) is 5.79 Å². The molecule has 0 unspecified atom stereocenters. The number of aliphatic hydroxyl groups is 2. The van der Waals surface area contributed by atoms with Gasteiger partial charge in [-0.05, 0) is 24.0 Å². The van der Waals surface area contributed by atoms with E-state index >= 15 is 0 Å². The summed E-state index contributed by atoms with van der Waals surface area (Å²) in [6, 6.07) is 19.6. The van der Waals surface area contributed by atoms with Crippen LogP contribution in [0.4, 0.5) is 0 Å². The summed E-state index contributed by atoms with van der Waals surface area (Å²) in [7, 11) is 0. The predicted molar refractivity (Wildman–Crippen MR) is 118 cm³/mol. The van der Waals surface area contributed by atoms with Crippen LogP contribution in [0.5, 0.6) is 0 Å². The quantitative estimate of drug-likeness (QED) is 0.718. The molecular formula is C26H32O6. The van der Waals surface area contributed by atoms with Gasteiger partial charge in [-0.1, -0.05) is 67.1 Å². The van der Waals surface area contributed by atoms with E-state index in [0.717, 1.165) is 43.2 Å². The predicted octanol–water partition coefficient (Wildman–Crippen LogP) is 3.34. The van der Waals surface area contributed by atoms with Gasteiger partial charge in [0.1, 0.15) is 36.6 Å². The molecule has 172 valence electrons. The Kier molecular flexibility index (Phi) is 6.60. The maximum Gasteiger partial charge on any atom is 0.169 e. The molecule has 5 rings (SSSR count). The van der Waals surface area contributed by atoms with Gasteiger partial charge in [-0.2, -0.15) is 0 Å². The molecule has 2 aromatic carbocycles. The van der Waals surface area contributed by atoms with E-state index in [2.05, 4.69) is 0 Å². The van der Waals surface area contributed by atoms with Crippen molar-refractivity contribution in [3.8, 4) is 0 Å². The lowest BCUT2D eigenvalue weighted by Crippen LogP contribution is -2.63. The number of hydrogen-bond acceptors (Lipinski definition) is 6. The Morgan fingerprint density at radius 1 is 0.688 bits per heavy atom. The molecule has 2 aliphatic carbocycles. The van der Waals surface area contributed by atoms with E-state index in [9.17, 15) is 10.2 Å². The first-order valence-electron chi connectivity index (χ1n) is 11.7. The molecule has 1 spiro atoms. The molecule has 0 bridgehead atoms. The molecular weight excluding hydrogens is 408 g/mol. The smallest absolute Gasteiger partial charge is 0.169 e. The maximum atomic E-state index is 11.0. The lowest BCUT2D eigenvalue weighted by Gasteiger charge is -2.43. The van der Waals surface area contributed by atoms with Gasteiger partial charge in [0.25, 0.3) is 0 Å². The van der Waals surface area contributed by atoms with Crippen LogP contribution in [0, 0.1) is 0 Å². The van der Waals surface area contributed by atoms with Gasteiger partial charge in [-0.25, -0.2) is 0 Å². The van der Waals surface area contributed by atoms with E-state index in [0.29, 0.717) is 13.2 Å². The molecule has 1 saturated heterocycles. The lowest BCUT2D eigenvalue weighted by molar-refractivity contribution is -0.223. The van der Waals surface area contributed by atoms with Crippen LogP contribution in [-0.2, 0) is 32.2 Å². The molecule has 0 radical (unpaired) electrons. The van der Waals surface area contributed by atoms with E-state index in [4.69, 9.17) is 18.9 Å². The second-order valence-corrected chi connectivity index (χ2v) is 9.14. The number of rotatable bonds is 6. The Balaban J connectivity index is 1.36. The second-order valence-electron chi connectivity index (χ2n) is 9.14. The van der Waals surface area contributed by atoms with Gasteiger partial charge in [-0.3, -0.25) is 0 Å². The summed E-state index contributed by atoms with van der Waals surface area (Å²) in [5, 5.41) is 22.1. The van der Waals surface area contributed by atoms with Gasteiger partial charge >= 0.3 is 0 Å². The van der Waals surface area contributed by atoms with Crippen molar-refractivity contribution < 1.29 is 29.2 Å². The Morgan fingerprint density at radius 2 is 1.12 bits per heavy atom.